The zero-order chi connectivity index (χ0) is 14.5. The number of nitrogens with one attached hydrogen (secondary N) is 1. The van der Waals surface area contributed by atoms with E-state index in [1.807, 2.05) is 37.4 Å². The Morgan fingerprint density at radius 3 is 2.85 bits per heavy atom. The van der Waals surface area contributed by atoms with E-state index in [4.69, 9.17) is 5.26 Å². The van der Waals surface area contributed by atoms with Crippen molar-refractivity contribution in [3.63, 3.8) is 0 Å². The molecule has 3 nitrogen and oxygen atoms in total. The molecule has 0 radical (unpaired) electrons. The van der Waals surface area contributed by atoms with Gasteiger partial charge >= 0.3 is 0 Å². The molecule has 1 heterocycles. The molecule has 0 aliphatic carbocycles. The number of rotatable bonds is 4. The summed E-state index contributed by atoms with van der Waals surface area (Å²) in [7, 11) is 0. The lowest BCUT2D eigenvalue weighted by Gasteiger charge is -2.20. The summed E-state index contributed by atoms with van der Waals surface area (Å²) in [5, 5.41) is 12.0. The number of allylic oxidation sites excluding steroid dienone is 3. The Kier molecular flexibility index (Phi) is 4.65. The summed E-state index contributed by atoms with van der Waals surface area (Å²) in [6, 6.07) is 9.39. The minimum absolute atomic E-state index is 0.00643. The maximum atomic E-state index is 12.7. The standard InChI is InChI=1S/C16H16N2OS/c1-3-14-12(9-8-11(10-17)18-14)16(19)13-6-4-5-7-15(13)20-2/h4-9,11,18H,3H2,1-2H3. The molecular formula is C16H16N2OS. The number of ketones is 1. The van der Waals surface area contributed by atoms with Gasteiger partial charge in [-0.2, -0.15) is 5.26 Å². The monoisotopic (exact) mass is 284 g/mol. The maximum Gasteiger partial charge on any atom is 0.195 e. The minimum atomic E-state index is -0.350. The van der Waals surface area contributed by atoms with Crippen LogP contribution < -0.4 is 5.32 Å². The zero-order valence-electron chi connectivity index (χ0n) is 11.5. The number of carbonyl (C=O) groups is 1. The van der Waals surface area contributed by atoms with Crippen LogP contribution in [0.4, 0.5) is 0 Å². The highest BCUT2D eigenvalue weighted by Crippen LogP contribution is 2.25. The second kappa shape index (κ2) is 6.44. The predicted octanol–water partition coefficient (Wildman–Crippen LogP) is 3.31. The third kappa shape index (κ3) is 2.78. The molecule has 2 rings (SSSR count). The highest BCUT2D eigenvalue weighted by molar-refractivity contribution is 7.98. The highest BCUT2D eigenvalue weighted by atomic mass is 32.2. The number of hydrogen-bond donors (Lipinski definition) is 1. The Morgan fingerprint density at radius 1 is 1.45 bits per heavy atom. The van der Waals surface area contributed by atoms with Crippen molar-refractivity contribution in [2.45, 2.75) is 24.3 Å². The number of benzene rings is 1. The van der Waals surface area contributed by atoms with Crippen molar-refractivity contribution in [3.8, 4) is 6.07 Å². The van der Waals surface area contributed by atoms with Crippen LogP contribution >= 0.6 is 11.8 Å². The van der Waals surface area contributed by atoms with Gasteiger partial charge in [0.05, 0.1) is 6.07 Å². The fraction of sp³-hybridized carbons (Fsp3) is 0.250. The number of hydrogen-bond acceptors (Lipinski definition) is 4. The summed E-state index contributed by atoms with van der Waals surface area (Å²) in [5.41, 5.74) is 2.20. The van der Waals surface area contributed by atoms with Crippen LogP contribution in [0.2, 0.25) is 0 Å². The second-order valence-electron chi connectivity index (χ2n) is 4.39. The van der Waals surface area contributed by atoms with Crippen molar-refractivity contribution in [3.05, 3.63) is 53.3 Å². The quantitative estimate of drug-likeness (QED) is 0.681. The van der Waals surface area contributed by atoms with E-state index in [0.29, 0.717) is 17.6 Å². The van der Waals surface area contributed by atoms with Gasteiger partial charge in [-0.15, -0.1) is 11.8 Å². The van der Waals surface area contributed by atoms with E-state index in [-0.39, 0.29) is 11.8 Å². The molecule has 1 aromatic rings. The minimum Gasteiger partial charge on any atom is -0.369 e. The van der Waals surface area contributed by atoms with Gasteiger partial charge in [-0.3, -0.25) is 4.79 Å². The van der Waals surface area contributed by atoms with E-state index in [1.165, 1.54) is 0 Å². The molecule has 0 saturated carbocycles. The van der Waals surface area contributed by atoms with Gasteiger partial charge in [0.1, 0.15) is 6.04 Å². The first-order chi connectivity index (χ1) is 9.71. The van der Waals surface area contributed by atoms with Gasteiger partial charge in [0.15, 0.2) is 5.78 Å². The summed E-state index contributed by atoms with van der Waals surface area (Å²) in [5.74, 6) is 0.00643. The summed E-state index contributed by atoms with van der Waals surface area (Å²) < 4.78 is 0. The van der Waals surface area contributed by atoms with Crippen molar-refractivity contribution in [2.75, 3.05) is 6.26 Å². The molecule has 1 atom stereocenters. The largest absolute Gasteiger partial charge is 0.369 e. The fourth-order valence-electron chi connectivity index (χ4n) is 2.16. The van der Waals surface area contributed by atoms with Crippen molar-refractivity contribution in [2.24, 2.45) is 0 Å². The molecule has 4 heteroatoms. The Morgan fingerprint density at radius 2 is 2.20 bits per heavy atom. The van der Waals surface area contributed by atoms with E-state index in [0.717, 1.165) is 10.6 Å². The molecule has 20 heavy (non-hydrogen) atoms. The molecule has 102 valence electrons. The van der Waals surface area contributed by atoms with Crippen LogP contribution in [-0.4, -0.2) is 18.1 Å². The Bertz CT molecular complexity index is 626. The summed E-state index contributed by atoms with van der Waals surface area (Å²) in [4.78, 5) is 13.7. The van der Waals surface area contributed by atoms with Gasteiger partial charge in [-0.1, -0.05) is 25.1 Å². The smallest absolute Gasteiger partial charge is 0.195 e. The van der Waals surface area contributed by atoms with Crippen molar-refractivity contribution >= 4 is 17.5 Å². The number of thioether (sulfide) groups is 1. The highest BCUT2D eigenvalue weighted by Gasteiger charge is 2.21. The van der Waals surface area contributed by atoms with Crippen molar-refractivity contribution in [1.29, 1.82) is 5.26 Å². The van der Waals surface area contributed by atoms with Gasteiger partial charge in [0.25, 0.3) is 0 Å². The van der Waals surface area contributed by atoms with E-state index in [1.54, 1.807) is 23.9 Å². The van der Waals surface area contributed by atoms with E-state index in [9.17, 15) is 4.79 Å². The Hall–Kier alpha value is -1.99. The summed E-state index contributed by atoms with van der Waals surface area (Å²) >= 11 is 1.56. The lowest BCUT2D eigenvalue weighted by Crippen LogP contribution is -2.30. The van der Waals surface area contributed by atoms with Crippen LogP contribution in [0.1, 0.15) is 23.7 Å². The molecule has 0 fully saturated rings. The number of nitriles is 1. The number of dihydropyridines is 1. The van der Waals surface area contributed by atoms with Gasteiger partial charge in [-0.05, 0) is 30.9 Å². The van der Waals surface area contributed by atoms with E-state index < -0.39 is 0 Å². The molecule has 1 unspecified atom stereocenters. The molecule has 0 saturated heterocycles. The van der Waals surface area contributed by atoms with Gasteiger partial charge in [0, 0.05) is 21.7 Å². The number of Topliss-reactive ketones (excluding diaryl/α,β-unsaturated/α-hetero) is 1. The van der Waals surface area contributed by atoms with Crippen molar-refractivity contribution < 1.29 is 4.79 Å². The third-order valence-electron chi connectivity index (χ3n) is 3.20. The molecule has 0 spiro atoms. The van der Waals surface area contributed by atoms with Crippen LogP contribution in [0, 0.1) is 11.3 Å². The van der Waals surface area contributed by atoms with Gasteiger partial charge in [-0.25, -0.2) is 0 Å². The first-order valence-electron chi connectivity index (χ1n) is 6.46. The van der Waals surface area contributed by atoms with Gasteiger partial charge < -0.3 is 5.32 Å². The Balaban J connectivity index is 2.40. The normalized spacial score (nSPS) is 17.6. The summed E-state index contributed by atoms with van der Waals surface area (Å²) in [6.07, 6.45) is 6.16. The average Bonchev–Trinajstić information content (AvgIpc) is 2.53. The van der Waals surface area contributed by atoms with Crippen LogP contribution in [0.25, 0.3) is 0 Å². The van der Waals surface area contributed by atoms with Crippen LogP contribution in [0.5, 0.6) is 0 Å². The van der Waals surface area contributed by atoms with Crippen LogP contribution in [0.15, 0.2) is 52.6 Å². The first-order valence-corrected chi connectivity index (χ1v) is 7.69. The number of nitrogens with zero attached hydrogens (tertiary/aromatic N) is 1. The second-order valence-corrected chi connectivity index (χ2v) is 5.23. The first kappa shape index (κ1) is 14.4. The maximum absolute atomic E-state index is 12.7. The van der Waals surface area contributed by atoms with Crippen LogP contribution in [0.3, 0.4) is 0 Å². The summed E-state index contributed by atoms with van der Waals surface area (Å²) in [6.45, 7) is 1.98. The molecule has 0 aromatic heterocycles. The van der Waals surface area contributed by atoms with Gasteiger partial charge in [0.2, 0.25) is 0 Å². The Labute approximate surface area is 123 Å². The van der Waals surface area contributed by atoms with Crippen LogP contribution in [-0.2, 0) is 0 Å². The molecule has 0 amide bonds. The van der Waals surface area contributed by atoms with Crippen molar-refractivity contribution in [1.82, 2.24) is 5.32 Å². The molecule has 1 aromatic carbocycles. The number of carbonyl (C=O) groups excluding carboxylic acids is 1. The topological polar surface area (TPSA) is 52.9 Å². The lowest BCUT2D eigenvalue weighted by molar-refractivity contribution is 0.103. The predicted molar refractivity (Wildman–Crippen MR) is 81.5 cm³/mol. The molecule has 0 bridgehead atoms. The third-order valence-corrected chi connectivity index (χ3v) is 3.99. The SMILES string of the molecule is CCC1=C(C(=O)c2ccccc2SC)C=CC(C#N)N1. The van der Waals surface area contributed by atoms with E-state index in [2.05, 4.69) is 11.4 Å². The van der Waals surface area contributed by atoms with E-state index >= 15 is 0 Å². The fourth-order valence-corrected chi connectivity index (χ4v) is 2.76. The average molecular weight is 284 g/mol. The molecule has 1 aliphatic heterocycles. The lowest BCUT2D eigenvalue weighted by atomic mass is 9.96. The molecule has 1 N–H and O–H groups in total. The molecule has 1 aliphatic rings. The zero-order valence-corrected chi connectivity index (χ0v) is 12.3. The molecular weight excluding hydrogens is 268 g/mol.